The molecule has 0 radical (unpaired) electrons. The summed E-state index contributed by atoms with van der Waals surface area (Å²) in [5.41, 5.74) is 2.14. The topological polar surface area (TPSA) is 50.2 Å². The van der Waals surface area contributed by atoms with E-state index in [1.807, 2.05) is 41.1 Å². The predicted molar refractivity (Wildman–Crippen MR) is 67.6 cm³/mol. The quantitative estimate of drug-likeness (QED) is 0.821. The number of hydrogen-bond donors (Lipinski definition) is 1. The van der Waals surface area contributed by atoms with Crippen LogP contribution in [-0.4, -0.2) is 40.2 Å². The molecular weight excluding hydrogens is 216 g/mol. The Balaban J connectivity index is 2.38. The summed E-state index contributed by atoms with van der Waals surface area (Å²) < 4.78 is 1.79. The average Bonchev–Trinajstić information content (AvgIpc) is 2.56. The van der Waals surface area contributed by atoms with Gasteiger partial charge in [-0.2, -0.15) is 5.10 Å². The van der Waals surface area contributed by atoms with Gasteiger partial charge < -0.3 is 10.2 Å². The summed E-state index contributed by atoms with van der Waals surface area (Å²) in [5.74, 6) is 0.113. The Morgan fingerprint density at radius 2 is 2.24 bits per heavy atom. The number of rotatable bonds is 5. The van der Waals surface area contributed by atoms with E-state index in [1.54, 1.807) is 9.58 Å². The van der Waals surface area contributed by atoms with E-state index in [1.165, 1.54) is 0 Å². The molecular formula is C12H22N4O. The molecule has 5 nitrogen and oxygen atoms in total. The minimum Gasteiger partial charge on any atom is -0.342 e. The van der Waals surface area contributed by atoms with Crippen LogP contribution in [-0.2, 0) is 18.4 Å². The fraction of sp³-hybridized carbons (Fsp3) is 0.667. The first-order valence-electron chi connectivity index (χ1n) is 5.87. The zero-order valence-electron chi connectivity index (χ0n) is 11.3. The molecule has 0 bridgehead atoms. The molecule has 1 heterocycles. The van der Waals surface area contributed by atoms with Crippen LogP contribution in [0.15, 0.2) is 6.20 Å². The number of nitrogens with one attached hydrogen (secondary N) is 1. The van der Waals surface area contributed by atoms with Crippen molar-refractivity contribution in [2.24, 2.45) is 7.05 Å². The van der Waals surface area contributed by atoms with E-state index in [9.17, 15) is 4.79 Å². The summed E-state index contributed by atoms with van der Waals surface area (Å²) in [4.78, 5) is 13.4. The van der Waals surface area contributed by atoms with Crippen molar-refractivity contribution < 1.29 is 4.79 Å². The summed E-state index contributed by atoms with van der Waals surface area (Å²) in [6.07, 6.45) is 1.97. The summed E-state index contributed by atoms with van der Waals surface area (Å²) in [7, 11) is 3.72. The first kappa shape index (κ1) is 13.7. The molecule has 1 rings (SSSR count). The first-order chi connectivity index (χ1) is 7.91. The van der Waals surface area contributed by atoms with Gasteiger partial charge in [-0.15, -0.1) is 0 Å². The Kier molecular flexibility index (Phi) is 4.69. The van der Waals surface area contributed by atoms with Crippen molar-refractivity contribution in [1.29, 1.82) is 0 Å². The molecule has 0 aliphatic heterocycles. The number of aryl methyl sites for hydroxylation is 2. The van der Waals surface area contributed by atoms with Crippen molar-refractivity contribution >= 4 is 5.91 Å². The van der Waals surface area contributed by atoms with E-state index in [2.05, 4.69) is 10.4 Å². The number of carbonyl (C=O) groups excluding carboxylic acids is 1. The second kappa shape index (κ2) is 5.82. The summed E-state index contributed by atoms with van der Waals surface area (Å²) in [5, 5.41) is 7.40. The van der Waals surface area contributed by atoms with E-state index < -0.39 is 0 Å². The molecule has 0 aromatic carbocycles. The molecule has 0 fully saturated rings. The van der Waals surface area contributed by atoms with Crippen molar-refractivity contribution in [3.8, 4) is 0 Å². The van der Waals surface area contributed by atoms with Crippen LogP contribution < -0.4 is 5.32 Å². The van der Waals surface area contributed by atoms with Crippen LogP contribution in [0.2, 0.25) is 0 Å². The van der Waals surface area contributed by atoms with Crippen LogP contribution in [0.5, 0.6) is 0 Å². The number of likely N-dealkylation sites (N-methyl/N-ethyl adjacent to an activating group) is 1. The maximum absolute atomic E-state index is 11.7. The largest absolute Gasteiger partial charge is 0.342 e. The second-order valence-electron chi connectivity index (χ2n) is 4.62. The number of hydrogen-bond acceptors (Lipinski definition) is 3. The second-order valence-corrected chi connectivity index (χ2v) is 4.62. The Labute approximate surface area is 103 Å². The van der Waals surface area contributed by atoms with E-state index in [0.29, 0.717) is 13.1 Å². The SMILES string of the molecule is Cc1nn(C)cc1CNCC(=O)N(C)C(C)C. The average molecular weight is 238 g/mol. The van der Waals surface area contributed by atoms with Gasteiger partial charge in [-0.1, -0.05) is 0 Å². The molecule has 0 unspecified atom stereocenters. The molecule has 0 atom stereocenters. The van der Waals surface area contributed by atoms with Gasteiger partial charge in [0.05, 0.1) is 12.2 Å². The van der Waals surface area contributed by atoms with Gasteiger partial charge in [0.2, 0.25) is 5.91 Å². The lowest BCUT2D eigenvalue weighted by Gasteiger charge is -2.21. The number of aromatic nitrogens is 2. The van der Waals surface area contributed by atoms with Gasteiger partial charge in [-0.25, -0.2) is 0 Å². The van der Waals surface area contributed by atoms with Crippen molar-refractivity contribution in [3.05, 3.63) is 17.5 Å². The highest BCUT2D eigenvalue weighted by Gasteiger charge is 2.11. The Morgan fingerprint density at radius 3 is 2.71 bits per heavy atom. The molecule has 1 amide bonds. The van der Waals surface area contributed by atoms with Gasteiger partial charge in [-0.3, -0.25) is 9.48 Å². The molecule has 1 N–H and O–H groups in total. The number of amides is 1. The molecule has 1 aromatic rings. The highest BCUT2D eigenvalue weighted by molar-refractivity contribution is 5.78. The fourth-order valence-electron chi connectivity index (χ4n) is 1.54. The Morgan fingerprint density at radius 1 is 1.59 bits per heavy atom. The lowest BCUT2D eigenvalue weighted by atomic mass is 10.2. The molecule has 0 spiro atoms. The van der Waals surface area contributed by atoms with Crippen LogP contribution in [0, 0.1) is 6.92 Å². The molecule has 17 heavy (non-hydrogen) atoms. The molecule has 1 aromatic heterocycles. The highest BCUT2D eigenvalue weighted by Crippen LogP contribution is 2.03. The monoisotopic (exact) mass is 238 g/mol. The van der Waals surface area contributed by atoms with Gasteiger partial charge in [0.25, 0.3) is 0 Å². The van der Waals surface area contributed by atoms with Gasteiger partial charge in [0, 0.05) is 38.4 Å². The molecule has 0 aliphatic rings. The van der Waals surface area contributed by atoms with E-state index in [4.69, 9.17) is 0 Å². The smallest absolute Gasteiger partial charge is 0.236 e. The van der Waals surface area contributed by atoms with Crippen LogP contribution in [0.4, 0.5) is 0 Å². The maximum Gasteiger partial charge on any atom is 0.236 e. The minimum atomic E-state index is 0.113. The molecule has 0 aliphatic carbocycles. The van der Waals surface area contributed by atoms with Crippen molar-refractivity contribution in [2.75, 3.05) is 13.6 Å². The van der Waals surface area contributed by atoms with Gasteiger partial charge in [-0.05, 0) is 20.8 Å². The van der Waals surface area contributed by atoms with Gasteiger partial charge in [0.15, 0.2) is 0 Å². The van der Waals surface area contributed by atoms with Crippen molar-refractivity contribution in [3.63, 3.8) is 0 Å². The van der Waals surface area contributed by atoms with E-state index >= 15 is 0 Å². The normalized spacial score (nSPS) is 10.9. The molecule has 0 saturated carbocycles. The van der Waals surface area contributed by atoms with Crippen LogP contribution in [0.3, 0.4) is 0 Å². The Hall–Kier alpha value is -1.36. The molecule has 96 valence electrons. The van der Waals surface area contributed by atoms with E-state index in [-0.39, 0.29) is 11.9 Å². The summed E-state index contributed by atoms with van der Waals surface area (Å²) in [6, 6.07) is 0.240. The Bertz CT molecular complexity index is 384. The fourth-order valence-corrected chi connectivity index (χ4v) is 1.54. The molecule has 5 heteroatoms. The van der Waals surface area contributed by atoms with Crippen molar-refractivity contribution in [2.45, 2.75) is 33.4 Å². The van der Waals surface area contributed by atoms with Crippen LogP contribution >= 0.6 is 0 Å². The highest BCUT2D eigenvalue weighted by atomic mass is 16.2. The first-order valence-corrected chi connectivity index (χ1v) is 5.87. The third-order valence-electron chi connectivity index (χ3n) is 2.87. The van der Waals surface area contributed by atoms with Gasteiger partial charge in [0.1, 0.15) is 0 Å². The van der Waals surface area contributed by atoms with Gasteiger partial charge >= 0.3 is 0 Å². The third-order valence-corrected chi connectivity index (χ3v) is 2.87. The number of nitrogens with zero attached hydrogens (tertiary/aromatic N) is 3. The zero-order valence-corrected chi connectivity index (χ0v) is 11.3. The lowest BCUT2D eigenvalue weighted by molar-refractivity contribution is -0.130. The van der Waals surface area contributed by atoms with E-state index in [0.717, 1.165) is 11.3 Å². The zero-order chi connectivity index (χ0) is 13.0. The lowest BCUT2D eigenvalue weighted by Crippen LogP contribution is -2.39. The third kappa shape index (κ3) is 3.85. The maximum atomic E-state index is 11.7. The number of carbonyl (C=O) groups is 1. The summed E-state index contributed by atoms with van der Waals surface area (Å²) in [6.45, 7) is 7.02. The van der Waals surface area contributed by atoms with Crippen molar-refractivity contribution in [1.82, 2.24) is 20.0 Å². The van der Waals surface area contributed by atoms with Crippen LogP contribution in [0.1, 0.15) is 25.1 Å². The summed E-state index contributed by atoms with van der Waals surface area (Å²) >= 11 is 0. The predicted octanol–water partition coefficient (Wildman–Crippen LogP) is 0.685. The minimum absolute atomic E-state index is 0.113. The molecule has 0 saturated heterocycles. The standard InChI is InChI=1S/C12H22N4O/c1-9(2)16(5)12(17)7-13-6-11-8-15(4)14-10(11)3/h8-9,13H,6-7H2,1-5H3. The van der Waals surface area contributed by atoms with Crippen LogP contribution in [0.25, 0.3) is 0 Å².